The van der Waals surface area contributed by atoms with E-state index in [0.717, 1.165) is 57.7 Å². The van der Waals surface area contributed by atoms with Gasteiger partial charge in [0.25, 0.3) is 0 Å². The normalized spacial score (nSPS) is 26.4. The lowest BCUT2D eigenvalue weighted by molar-refractivity contribution is -0.139. The second-order valence-electron chi connectivity index (χ2n) is 7.40. The summed E-state index contributed by atoms with van der Waals surface area (Å²) in [6.07, 6.45) is 12.0. The van der Waals surface area contributed by atoms with Gasteiger partial charge in [0.2, 0.25) is 5.91 Å². The lowest BCUT2D eigenvalue weighted by Crippen LogP contribution is -2.44. The van der Waals surface area contributed by atoms with Gasteiger partial charge < -0.3 is 15.4 Å². The molecule has 0 atom stereocenters. The van der Waals surface area contributed by atoms with Crippen molar-refractivity contribution in [2.24, 2.45) is 17.6 Å². The Morgan fingerprint density at radius 3 is 2.39 bits per heavy atom. The van der Waals surface area contributed by atoms with Crippen LogP contribution < -0.4 is 5.73 Å². The molecule has 0 aromatic heterocycles. The molecule has 0 unspecified atom stereocenters. The molecule has 1 saturated carbocycles. The van der Waals surface area contributed by atoms with Crippen LogP contribution in [0.3, 0.4) is 0 Å². The molecular formula is C19H36N2O2. The Morgan fingerprint density at radius 1 is 1.09 bits per heavy atom. The molecule has 1 saturated heterocycles. The number of hydrogen-bond donors (Lipinski definition) is 1. The molecule has 2 fully saturated rings. The number of carbonyl (C=O) groups is 1. The fraction of sp³-hybridized carbons (Fsp3) is 0.947. The highest BCUT2D eigenvalue weighted by atomic mass is 16.5. The highest BCUT2D eigenvalue weighted by Crippen LogP contribution is 2.33. The van der Waals surface area contributed by atoms with Crippen molar-refractivity contribution in [2.45, 2.75) is 77.2 Å². The quantitative estimate of drug-likeness (QED) is 0.697. The molecule has 2 aliphatic rings. The summed E-state index contributed by atoms with van der Waals surface area (Å²) in [4.78, 5) is 14.8. The maximum absolute atomic E-state index is 12.7. The molecule has 0 spiro atoms. The molecule has 1 aliphatic heterocycles. The van der Waals surface area contributed by atoms with Gasteiger partial charge in [0, 0.05) is 25.6 Å². The van der Waals surface area contributed by atoms with Gasteiger partial charge in [-0.1, -0.05) is 26.2 Å². The second kappa shape index (κ2) is 10.3. The molecule has 1 aliphatic carbocycles. The molecular weight excluding hydrogens is 288 g/mol. The molecule has 0 aromatic rings. The van der Waals surface area contributed by atoms with Crippen molar-refractivity contribution in [2.75, 3.05) is 26.2 Å². The Balaban J connectivity index is 1.65. The number of ether oxygens (including phenoxy) is 1. The number of likely N-dealkylation sites (tertiary alicyclic amines) is 1. The molecule has 2 rings (SSSR count). The van der Waals surface area contributed by atoms with Gasteiger partial charge in [0.1, 0.15) is 0 Å². The van der Waals surface area contributed by atoms with E-state index in [0.29, 0.717) is 24.5 Å². The third-order valence-corrected chi connectivity index (χ3v) is 5.62. The van der Waals surface area contributed by atoms with Crippen LogP contribution in [0, 0.1) is 11.8 Å². The predicted molar refractivity (Wildman–Crippen MR) is 94.2 cm³/mol. The largest absolute Gasteiger partial charge is 0.378 e. The average Bonchev–Trinajstić information content (AvgIpc) is 2.61. The van der Waals surface area contributed by atoms with Crippen LogP contribution in [0.25, 0.3) is 0 Å². The van der Waals surface area contributed by atoms with E-state index >= 15 is 0 Å². The van der Waals surface area contributed by atoms with E-state index in [1.54, 1.807) is 0 Å². The van der Waals surface area contributed by atoms with Gasteiger partial charge in [-0.25, -0.2) is 0 Å². The molecule has 134 valence electrons. The Bertz CT molecular complexity index is 332. The van der Waals surface area contributed by atoms with E-state index in [-0.39, 0.29) is 0 Å². The maximum Gasteiger partial charge on any atom is 0.225 e. The van der Waals surface area contributed by atoms with Gasteiger partial charge >= 0.3 is 0 Å². The molecule has 2 N–H and O–H groups in total. The Labute approximate surface area is 142 Å². The van der Waals surface area contributed by atoms with Crippen LogP contribution in [0.5, 0.6) is 0 Å². The van der Waals surface area contributed by atoms with Gasteiger partial charge in [-0.3, -0.25) is 4.79 Å². The summed E-state index contributed by atoms with van der Waals surface area (Å²) in [5.74, 6) is 1.59. The first-order chi connectivity index (χ1) is 11.2. The van der Waals surface area contributed by atoms with Crippen molar-refractivity contribution in [1.82, 2.24) is 4.90 Å². The zero-order valence-corrected chi connectivity index (χ0v) is 15.0. The van der Waals surface area contributed by atoms with E-state index in [1.165, 1.54) is 32.1 Å². The summed E-state index contributed by atoms with van der Waals surface area (Å²) in [7, 11) is 0. The van der Waals surface area contributed by atoms with Crippen LogP contribution in [0.1, 0.15) is 71.1 Å². The van der Waals surface area contributed by atoms with Crippen molar-refractivity contribution in [3.05, 3.63) is 0 Å². The molecule has 4 heteroatoms. The first-order valence-electron chi connectivity index (χ1n) is 9.85. The zero-order chi connectivity index (χ0) is 16.5. The number of amides is 1. The van der Waals surface area contributed by atoms with Crippen LogP contribution in [0.2, 0.25) is 0 Å². The van der Waals surface area contributed by atoms with E-state index in [4.69, 9.17) is 10.5 Å². The smallest absolute Gasteiger partial charge is 0.225 e. The van der Waals surface area contributed by atoms with Crippen LogP contribution in [0.15, 0.2) is 0 Å². The maximum atomic E-state index is 12.7. The molecule has 4 nitrogen and oxygen atoms in total. The lowest BCUT2D eigenvalue weighted by atomic mass is 9.79. The predicted octanol–water partition coefficient (Wildman–Crippen LogP) is 3.34. The van der Waals surface area contributed by atoms with Crippen molar-refractivity contribution < 1.29 is 9.53 Å². The monoisotopic (exact) mass is 324 g/mol. The highest BCUT2D eigenvalue weighted by Gasteiger charge is 2.31. The number of hydrogen-bond acceptors (Lipinski definition) is 3. The van der Waals surface area contributed by atoms with Crippen molar-refractivity contribution in [3.8, 4) is 0 Å². The summed E-state index contributed by atoms with van der Waals surface area (Å²) < 4.78 is 5.83. The molecule has 1 amide bonds. The lowest BCUT2D eigenvalue weighted by Gasteiger charge is -2.36. The van der Waals surface area contributed by atoms with Crippen LogP contribution in [0.4, 0.5) is 0 Å². The first-order valence-corrected chi connectivity index (χ1v) is 9.85. The van der Waals surface area contributed by atoms with E-state index < -0.39 is 0 Å². The van der Waals surface area contributed by atoms with Gasteiger partial charge in [-0.15, -0.1) is 0 Å². The van der Waals surface area contributed by atoms with Gasteiger partial charge in [-0.2, -0.15) is 0 Å². The first kappa shape index (κ1) is 18.7. The topological polar surface area (TPSA) is 55.6 Å². The molecule has 1 heterocycles. The van der Waals surface area contributed by atoms with E-state index in [2.05, 4.69) is 11.8 Å². The molecule has 23 heavy (non-hydrogen) atoms. The molecule has 0 bridgehead atoms. The van der Waals surface area contributed by atoms with Gasteiger partial charge in [0.15, 0.2) is 0 Å². The van der Waals surface area contributed by atoms with Crippen molar-refractivity contribution in [1.29, 1.82) is 0 Å². The minimum atomic E-state index is 0.294. The molecule has 0 radical (unpaired) electrons. The molecule has 0 aromatic carbocycles. The summed E-state index contributed by atoms with van der Waals surface area (Å²) in [6, 6.07) is 0. The number of rotatable bonds is 8. The number of carbonyl (C=O) groups excluding carboxylic acids is 1. The summed E-state index contributed by atoms with van der Waals surface area (Å²) in [6.45, 7) is 5.47. The van der Waals surface area contributed by atoms with E-state index in [1.807, 2.05) is 0 Å². The van der Waals surface area contributed by atoms with Crippen LogP contribution >= 0.6 is 0 Å². The Kier molecular flexibility index (Phi) is 8.38. The average molecular weight is 325 g/mol. The fourth-order valence-corrected chi connectivity index (χ4v) is 4.03. The number of unbranched alkanes of at least 4 members (excludes halogenated alkanes) is 1. The van der Waals surface area contributed by atoms with E-state index in [9.17, 15) is 4.79 Å². The third-order valence-electron chi connectivity index (χ3n) is 5.62. The zero-order valence-electron chi connectivity index (χ0n) is 15.0. The Hall–Kier alpha value is -0.610. The summed E-state index contributed by atoms with van der Waals surface area (Å²) >= 11 is 0. The minimum Gasteiger partial charge on any atom is -0.378 e. The fourth-order valence-electron chi connectivity index (χ4n) is 4.03. The van der Waals surface area contributed by atoms with Crippen molar-refractivity contribution >= 4 is 5.91 Å². The summed E-state index contributed by atoms with van der Waals surface area (Å²) in [5.41, 5.74) is 5.49. The number of piperidine rings is 1. The second-order valence-corrected chi connectivity index (χ2v) is 7.40. The minimum absolute atomic E-state index is 0.294. The number of nitrogens with two attached hydrogens (primary N) is 1. The SMILES string of the molecule is CCCCC1CCC(C(=O)N2CCC(OCCCN)CC2)CC1. The van der Waals surface area contributed by atoms with Gasteiger partial charge in [0.05, 0.1) is 6.10 Å². The van der Waals surface area contributed by atoms with Gasteiger partial charge in [-0.05, 0) is 57.4 Å². The Morgan fingerprint density at radius 2 is 1.78 bits per heavy atom. The third kappa shape index (κ3) is 6.07. The number of nitrogens with zero attached hydrogens (tertiary/aromatic N) is 1. The summed E-state index contributed by atoms with van der Waals surface area (Å²) in [5, 5.41) is 0. The van der Waals surface area contributed by atoms with Crippen LogP contribution in [-0.2, 0) is 9.53 Å². The standard InChI is InChI=1S/C19H36N2O2/c1-2-3-5-16-6-8-17(9-7-16)19(22)21-13-10-18(11-14-21)23-15-4-12-20/h16-18H,2-15,20H2,1H3. The van der Waals surface area contributed by atoms with Crippen molar-refractivity contribution in [3.63, 3.8) is 0 Å². The van der Waals surface area contributed by atoms with Crippen LogP contribution in [-0.4, -0.2) is 43.2 Å². The highest BCUT2D eigenvalue weighted by molar-refractivity contribution is 5.79.